The van der Waals surface area contributed by atoms with Crippen LogP contribution in [-0.4, -0.2) is 47.3 Å². The standard InChI is InChI=1S/C17H18F3N3O/c18-12-1-4-23(8-12)9-17(2-3-17)10-24-16-21-7-11-5-13(19)6-14(20)15(11)22-16/h5-7,12H,1-4,8-10H2/t12-/m1/s1. The molecule has 0 unspecified atom stereocenters. The lowest BCUT2D eigenvalue weighted by Gasteiger charge is -2.22. The quantitative estimate of drug-likeness (QED) is 0.840. The highest BCUT2D eigenvalue weighted by Gasteiger charge is 2.46. The summed E-state index contributed by atoms with van der Waals surface area (Å²) in [6, 6.07) is 2.07. The molecule has 1 atom stereocenters. The molecule has 1 aliphatic heterocycles. The zero-order valence-electron chi connectivity index (χ0n) is 13.1. The van der Waals surface area contributed by atoms with Crippen LogP contribution in [0.5, 0.6) is 6.01 Å². The molecule has 1 aromatic carbocycles. The van der Waals surface area contributed by atoms with Crippen LogP contribution in [0.1, 0.15) is 19.3 Å². The molecule has 4 rings (SSSR count). The first kappa shape index (κ1) is 15.6. The molecule has 1 aromatic heterocycles. The van der Waals surface area contributed by atoms with Gasteiger partial charge in [-0.15, -0.1) is 0 Å². The van der Waals surface area contributed by atoms with Gasteiger partial charge < -0.3 is 4.74 Å². The molecule has 0 N–H and O–H groups in total. The van der Waals surface area contributed by atoms with Crippen molar-refractivity contribution in [1.29, 1.82) is 0 Å². The minimum absolute atomic E-state index is 0.0176. The van der Waals surface area contributed by atoms with Crippen molar-refractivity contribution in [2.24, 2.45) is 5.41 Å². The second-order valence-electron chi connectivity index (χ2n) is 6.89. The van der Waals surface area contributed by atoms with Crippen LogP contribution in [0.2, 0.25) is 0 Å². The SMILES string of the molecule is Fc1cc(F)c2nc(OCC3(CN4CC[C@@H](F)C4)CC3)ncc2c1. The molecule has 7 heteroatoms. The van der Waals surface area contributed by atoms with Crippen LogP contribution in [0.25, 0.3) is 10.9 Å². The number of nitrogens with zero attached hydrogens (tertiary/aromatic N) is 3. The molecule has 2 heterocycles. The zero-order valence-corrected chi connectivity index (χ0v) is 13.1. The Bertz CT molecular complexity index is 766. The normalized spacial score (nSPS) is 22.9. The summed E-state index contributed by atoms with van der Waals surface area (Å²) in [4.78, 5) is 10.2. The number of alkyl halides is 1. The first-order valence-corrected chi connectivity index (χ1v) is 8.14. The lowest BCUT2D eigenvalue weighted by Crippen LogP contribution is -2.32. The van der Waals surface area contributed by atoms with Crippen molar-refractivity contribution < 1.29 is 17.9 Å². The van der Waals surface area contributed by atoms with Crippen LogP contribution >= 0.6 is 0 Å². The zero-order chi connectivity index (χ0) is 16.7. The molecule has 2 fully saturated rings. The maximum Gasteiger partial charge on any atom is 0.317 e. The van der Waals surface area contributed by atoms with Gasteiger partial charge in [-0.25, -0.2) is 18.2 Å². The lowest BCUT2D eigenvalue weighted by molar-refractivity contribution is 0.165. The number of likely N-dealkylation sites (tertiary alicyclic amines) is 1. The van der Waals surface area contributed by atoms with E-state index >= 15 is 0 Å². The molecule has 0 radical (unpaired) electrons. The number of benzene rings is 1. The topological polar surface area (TPSA) is 38.2 Å². The van der Waals surface area contributed by atoms with Crippen molar-refractivity contribution in [1.82, 2.24) is 14.9 Å². The first-order valence-electron chi connectivity index (χ1n) is 8.14. The fourth-order valence-electron chi connectivity index (χ4n) is 3.27. The molecule has 0 amide bonds. The highest BCUT2D eigenvalue weighted by atomic mass is 19.1. The van der Waals surface area contributed by atoms with E-state index in [-0.39, 0.29) is 16.9 Å². The molecule has 0 spiro atoms. The maximum atomic E-state index is 13.8. The van der Waals surface area contributed by atoms with Crippen LogP contribution in [0, 0.1) is 17.0 Å². The Morgan fingerprint density at radius 2 is 2.12 bits per heavy atom. The Kier molecular flexibility index (Phi) is 3.83. The Labute approximate surface area is 137 Å². The molecule has 1 saturated heterocycles. The van der Waals surface area contributed by atoms with Gasteiger partial charge in [0.05, 0.1) is 6.61 Å². The van der Waals surface area contributed by atoms with Crippen LogP contribution in [-0.2, 0) is 0 Å². The molecular formula is C17H18F3N3O. The van der Waals surface area contributed by atoms with Gasteiger partial charge in [-0.3, -0.25) is 4.90 Å². The van der Waals surface area contributed by atoms with Gasteiger partial charge in [-0.1, -0.05) is 0 Å². The fraction of sp³-hybridized carbons (Fsp3) is 0.529. The van der Waals surface area contributed by atoms with E-state index in [4.69, 9.17) is 4.74 Å². The van der Waals surface area contributed by atoms with E-state index in [1.165, 1.54) is 12.3 Å². The van der Waals surface area contributed by atoms with Gasteiger partial charge in [0.2, 0.25) is 0 Å². The second kappa shape index (κ2) is 5.88. The van der Waals surface area contributed by atoms with Crippen molar-refractivity contribution in [2.75, 3.05) is 26.2 Å². The van der Waals surface area contributed by atoms with Gasteiger partial charge in [-0.05, 0) is 25.3 Å². The molecule has 128 valence electrons. The monoisotopic (exact) mass is 337 g/mol. The van der Waals surface area contributed by atoms with Crippen molar-refractivity contribution in [3.05, 3.63) is 30.0 Å². The molecule has 1 saturated carbocycles. The molecule has 2 aliphatic rings. The molecular weight excluding hydrogens is 319 g/mol. The molecule has 4 nitrogen and oxygen atoms in total. The summed E-state index contributed by atoms with van der Waals surface area (Å²) in [5.74, 6) is -1.39. The molecule has 1 aliphatic carbocycles. The lowest BCUT2D eigenvalue weighted by atomic mass is 10.1. The van der Waals surface area contributed by atoms with Crippen molar-refractivity contribution in [3.63, 3.8) is 0 Å². The smallest absolute Gasteiger partial charge is 0.317 e. The number of fused-ring (bicyclic) bond motifs is 1. The van der Waals surface area contributed by atoms with Gasteiger partial charge in [-0.2, -0.15) is 4.98 Å². The molecule has 0 bridgehead atoms. The summed E-state index contributed by atoms with van der Waals surface area (Å²) in [6.07, 6.45) is 3.27. The number of ether oxygens (including phenoxy) is 1. The summed E-state index contributed by atoms with van der Waals surface area (Å²) < 4.78 is 45.9. The van der Waals surface area contributed by atoms with Gasteiger partial charge in [0.25, 0.3) is 0 Å². The van der Waals surface area contributed by atoms with Crippen LogP contribution in [0.3, 0.4) is 0 Å². The summed E-state index contributed by atoms with van der Waals surface area (Å²) in [7, 11) is 0. The van der Waals surface area contributed by atoms with Crippen LogP contribution in [0.4, 0.5) is 13.2 Å². The minimum Gasteiger partial charge on any atom is -0.463 e. The van der Waals surface area contributed by atoms with E-state index in [0.29, 0.717) is 25.0 Å². The number of hydrogen-bond acceptors (Lipinski definition) is 4. The number of rotatable bonds is 5. The maximum absolute atomic E-state index is 13.8. The fourth-order valence-corrected chi connectivity index (χ4v) is 3.27. The van der Waals surface area contributed by atoms with E-state index in [1.807, 2.05) is 0 Å². The van der Waals surface area contributed by atoms with E-state index < -0.39 is 17.8 Å². The van der Waals surface area contributed by atoms with Crippen LogP contribution < -0.4 is 4.74 Å². The summed E-state index contributed by atoms with van der Waals surface area (Å²) in [5.41, 5.74) is 0.0649. The Balaban J connectivity index is 1.43. The van der Waals surface area contributed by atoms with E-state index in [0.717, 1.165) is 32.0 Å². The second-order valence-corrected chi connectivity index (χ2v) is 6.89. The summed E-state index contributed by atoms with van der Waals surface area (Å²) >= 11 is 0. The van der Waals surface area contributed by atoms with Gasteiger partial charge in [0.1, 0.15) is 17.5 Å². The predicted molar refractivity (Wildman–Crippen MR) is 82.6 cm³/mol. The van der Waals surface area contributed by atoms with Crippen molar-refractivity contribution >= 4 is 10.9 Å². The third-order valence-electron chi connectivity index (χ3n) is 4.82. The Morgan fingerprint density at radius 3 is 2.83 bits per heavy atom. The van der Waals surface area contributed by atoms with Crippen molar-refractivity contribution in [2.45, 2.75) is 25.4 Å². The van der Waals surface area contributed by atoms with Gasteiger partial charge in [0.15, 0.2) is 5.82 Å². The first-order chi connectivity index (χ1) is 11.5. The Morgan fingerprint density at radius 1 is 1.29 bits per heavy atom. The van der Waals surface area contributed by atoms with E-state index in [2.05, 4.69) is 14.9 Å². The Hall–Kier alpha value is -1.89. The number of hydrogen-bond donors (Lipinski definition) is 0. The number of aromatic nitrogens is 2. The summed E-state index contributed by atoms with van der Waals surface area (Å²) in [6.45, 7) is 2.51. The minimum atomic E-state index is -0.732. The molecule has 24 heavy (non-hydrogen) atoms. The van der Waals surface area contributed by atoms with Gasteiger partial charge >= 0.3 is 6.01 Å². The van der Waals surface area contributed by atoms with E-state index in [9.17, 15) is 13.2 Å². The highest BCUT2D eigenvalue weighted by Crippen LogP contribution is 2.47. The summed E-state index contributed by atoms with van der Waals surface area (Å²) in [5, 5.41) is 0.298. The predicted octanol–water partition coefficient (Wildman–Crippen LogP) is 3.11. The van der Waals surface area contributed by atoms with E-state index in [1.54, 1.807) is 0 Å². The highest BCUT2D eigenvalue weighted by molar-refractivity contribution is 5.78. The number of halogens is 3. The molecule has 2 aromatic rings. The average molecular weight is 337 g/mol. The average Bonchev–Trinajstić information content (AvgIpc) is 3.19. The third-order valence-corrected chi connectivity index (χ3v) is 4.82. The van der Waals surface area contributed by atoms with Gasteiger partial charge in [0, 0.05) is 42.7 Å². The van der Waals surface area contributed by atoms with Crippen molar-refractivity contribution in [3.8, 4) is 6.01 Å². The largest absolute Gasteiger partial charge is 0.463 e. The third kappa shape index (κ3) is 3.17. The van der Waals surface area contributed by atoms with Crippen LogP contribution in [0.15, 0.2) is 18.3 Å².